The summed E-state index contributed by atoms with van der Waals surface area (Å²) in [5, 5.41) is 13.3. The van der Waals surface area contributed by atoms with Crippen LogP contribution < -0.4 is 14.8 Å². The quantitative estimate of drug-likeness (QED) is 0.660. The van der Waals surface area contributed by atoms with Crippen molar-refractivity contribution in [3.8, 4) is 17.6 Å². The number of aryl methyl sites for hydroxylation is 1. The zero-order valence-corrected chi connectivity index (χ0v) is 19.6. The minimum atomic E-state index is -0.157. The molecule has 0 radical (unpaired) electrons. The van der Waals surface area contributed by atoms with Gasteiger partial charge in [0.25, 0.3) is 0 Å². The molecular formula is C24H29N3O3S. The van der Waals surface area contributed by atoms with Crippen LogP contribution in [0.3, 0.4) is 0 Å². The smallest absolute Gasteiger partial charge is 0.230 e. The monoisotopic (exact) mass is 439 g/mol. The molecule has 0 unspecified atom stereocenters. The number of nitrogens with one attached hydrogen (secondary N) is 1. The lowest BCUT2D eigenvalue weighted by atomic mass is 9.95. The van der Waals surface area contributed by atoms with E-state index in [4.69, 9.17) is 9.47 Å². The second-order valence-corrected chi connectivity index (χ2v) is 9.04. The molecule has 2 heterocycles. The second-order valence-electron chi connectivity index (χ2n) is 8.07. The minimum absolute atomic E-state index is 0.0996. The summed E-state index contributed by atoms with van der Waals surface area (Å²) in [7, 11) is 0. The number of carbonyl (C=O) groups is 1. The Morgan fingerprint density at radius 2 is 1.90 bits per heavy atom. The number of pyridine rings is 1. The van der Waals surface area contributed by atoms with Gasteiger partial charge in [-0.2, -0.15) is 5.26 Å². The van der Waals surface area contributed by atoms with Crippen molar-refractivity contribution >= 4 is 17.7 Å². The molecule has 3 rings (SSSR count). The molecule has 1 atom stereocenters. The molecule has 0 aliphatic carbocycles. The Labute approximate surface area is 188 Å². The number of amides is 1. The Bertz CT molecular complexity index is 1010. The molecule has 1 aromatic carbocycles. The molecule has 1 N–H and O–H groups in total. The van der Waals surface area contributed by atoms with Gasteiger partial charge in [0.1, 0.15) is 11.1 Å². The fourth-order valence-corrected chi connectivity index (χ4v) is 4.40. The van der Waals surface area contributed by atoms with Gasteiger partial charge < -0.3 is 14.8 Å². The third-order valence-corrected chi connectivity index (χ3v) is 6.50. The van der Waals surface area contributed by atoms with Gasteiger partial charge in [0.15, 0.2) is 11.5 Å². The Kier molecular flexibility index (Phi) is 7.45. The van der Waals surface area contributed by atoms with Gasteiger partial charge in [-0.15, -0.1) is 0 Å². The highest BCUT2D eigenvalue weighted by Crippen LogP contribution is 2.34. The number of hydrogen-bond donors (Lipinski definition) is 1. The van der Waals surface area contributed by atoms with Gasteiger partial charge in [-0.3, -0.25) is 4.79 Å². The standard InChI is InChI=1S/C24H29N3O3S/c1-14(2)23(18-7-8-20-21(11-18)30-10-6-9-29-20)27-22(28)13-31-24-19(12-25)16(4)15(3)17(5)26-24/h7-8,11,14,23H,6,9-10,13H2,1-5H3,(H,27,28)/t23-/m0/s1. The summed E-state index contributed by atoms with van der Waals surface area (Å²) in [6.45, 7) is 11.2. The third-order valence-electron chi connectivity index (χ3n) is 5.53. The van der Waals surface area contributed by atoms with E-state index in [1.807, 2.05) is 39.0 Å². The number of thioether (sulfide) groups is 1. The average Bonchev–Trinajstić information content (AvgIpc) is 2.99. The summed E-state index contributed by atoms with van der Waals surface area (Å²) in [6, 6.07) is 7.93. The number of aromatic nitrogens is 1. The zero-order valence-electron chi connectivity index (χ0n) is 18.7. The van der Waals surface area contributed by atoms with Crippen LogP contribution >= 0.6 is 11.8 Å². The van der Waals surface area contributed by atoms with E-state index in [9.17, 15) is 10.1 Å². The van der Waals surface area contributed by atoms with E-state index in [0.717, 1.165) is 40.3 Å². The predicted molar refractivity (Wildman–Crippen MR) is 122 cm³/mol. The first kappa shape index (κ1) is 23.0. The van der Waals surface area contributed by atoms with E-state index >= 15 is 0 Å². The SMILES string of the molecule is Cc1nc(SCC(=O)N[C@H](c2ccc3c(c2)OCCCO3)C(C)C)c(C#N)c(C)c1C. The van der Waals surface area contributed by atoms with Crippen molar-refractivity contribution in [2.45, 2.75) is 52.1 Å². The number of hydrogen-bond acceptors (Lipinski definition) is 6. The van der Waals surface area contributed by atoms with Crippen molar-refractivity contribution in [1.82, 2.24) is 10.3 Å². The molecule has 31 heavy (non-hydrogen) atoms. The fourth-order valence-electron chi connectivity index (χ4n) is 3.50. The Morgan fingerprint density at radius 1 is 1.19 bits per heavy atom. The van der Waals surface area contributed by atoms with E-state index in [-0.39, 0.29) is 23.6 Å². The Balaban J connectivity index is 1.73. The van der Waals surface area contributed by atoms with Gasteiger partial charge in [0, 0.05) is 12.1 Å². The maximum Gasteiger partial charge on any atom is 0.230 e. The third kappa shape index (κ3) is 5.31. The number of fused-ring (bicyclic) bond motifs is 1. The van der Waals surface area contributed by atoms with Crippen molar-refractivity contribution in [1.29, 1.82) is 5.26 Å². The van der Waals surface area contributed by atoms with Crippen LogP contribution in [0.5, 0.6) is 11.5 Å². The molecule has 164 valence electrons. The maximum absolute atomic E-state index is 12.8. The van der Waals surface area contributed by atoms with Crippen molar-refractivity contribution in [3.63, 3.8) is 0 Å². The van der Waals surface area contributed by atoms with Crippen molar-refractivity contribution in [2.24, 2.45) is 5.92 Å². The molecule has 0 fully saturated rings. The first-order valence-electron chi connectivity index (χ1n) is 10.5. The Hall–Kier alpha value is -2.72. The predicted octanol–water partition coefficient (Wildman–Crippen LogP) is 4.65. The molecule has 0 saturated carbocycles. The molecule has 0 spiro atoms. The summed E-state index contributed by atoms with van der Waals surface area (Å²) in [5.74, 6) is 1.74. The number of benzene rings is 1. The lowest BCUT2D eigenvalue weighted by Crippen LogP contribution is -2.33. The molecule has 0 saturated heterocycles. The van der Waals surface area contributed by atoms with Crippen LogP contribution in [-0.4, -0.2) is 29.9 Å². The van der Waals surface area contributed by atoms with Gasteiger partial charge in [0.05, 0.1) is 30.6 Å². The number of nitrogens with zero attached hydrogens (tertiary/aromatic N) is 2. The molecule has 1 amide bonds. The summed E-state index contributed by atoms with van der Waals surface area (Å²) >= 11 is 1.30. The first-order chi connectivity index (χ1) is 14.8. The average molecular weight is 440 g/mol. The van der Waals surface area contributed by atoms with Gasteiger partial charge in [-0.05, 0) is 55.5 Å². The molecule has 7 heteroatoms. The molecule has 1 aliphatic rings. The van der Waals surface area contributed by atoms with Crippen LogP contribution in [-0.2, 0) is 4.79 Å². The van der Waals surface area contributed by atoms with E-state index in [0.29, 0.717) is 23.8 Å². The minimum Gasteiger partial charge on any atom is -0.490 e. The lowest BCUT2D eigenvalue weighted by Gasteiger charge is -2.24. The van der Waals surface area contributed by atoms with E-state index < -0.39 is 0 Å². The second kappa shape index (κ2) is 10.1. The summed E-state index contributed by atoms with van der Waals surface area (Å²) in [5.41, 5.74) is 4.34. The van der Waals surface area contributed by atoms with Gasteiger partial charge in [0.2, 0.25) is 5.91 Å². The van der Waals surface area contributed by atoms with Crippen LogP contribution in [0, 0.1) is 38.0 Å². The number of carbonyl (C=O) groups excluding carboxylic acids is 1. The molecule has 2 aromatic rings. The van der Waals surface area contributed by atoms with E-state index in [1.165, 1.54) is 11.8 Å². The van der Waals surface area contributed by atoms with Gasteiger partial charge in [-0.1, -0.05) is 31.7 Å². The van der Waals surface area contributed by atoms with E-state index in [1.54, 1.807) is 0 Å². The van der Waals surface area contributed by atoms with Crippen LogP contribution in [0.25, 0.3) is 0 Å². The first-order valence-corrected chi connectivity index (χ1v) is 11.5. The molecular weight excluding hydrogens is 410 g/mol. The van der Waals surface area contributed by atoms with Crippen molar-refractivity contribution < 1.29 is 14.3 Å². The van der Waals surface area contributed by atoms with Gasteiger partial charge >= 0.3 is 0 Å². The topological polar surface area (TPSA) is 84.2 Å². The molecule has 1 aromatic heterocycles. The molecule has 1 aliphatic heterocycles. The normalized spacial score (nSPS) is 14.0. The highest BCUT2D eigenvalue weighted by atomic mass is 32.2. The number of rotatable bonds is 6. The lowest BCUT2D eigenvalue weighted by molar-refractivity contribution is -0.119. The summed E-state index contributed by atoms with van der Waals surface area (Å²) < 4.78 is 11.5. The van der Waals surface area contributed by atoms with Crippen LogP contribution in [0.1, 0.15) is 54.3 Å². The highest BCUT2D eigenvalue weighted by Gasteiger charge is 2.22. The molecule has 6 nitrogen and oxygen atoms in total. The highest BCUT2D eigenvalue weighted by molar-refractivity contribution is 8.00. The molecule has 0 bridgehead atoms. The van der Waals surface area contributed by atoms with Gasteiger partial charge in [-0.25, -0.2) is 4.98 Å². The number of nitriles is 1. The van der Waals surface area contributed by atoms with E-state index in [2.05, 4.69) is 30.2 Å². The van der Waals surface area contributed by atoms with Crippen molar-refractivity contribution in [3.05, 3.63) is 46.1 Å². The maximum atomic E-state index is 12.8. The van der Waals surface area contributed by atoms with Crippen LogP contribution in [0.2, 0.25) is 0 Å². The largest absolute Gasteiger partial charge is 0.490 e. The number of ether oxygens (including phenoxy) is 2. The summed E-state index contributed by atoms with van der Waals surface area (Å²) in [6.07, 6.45) is 0.849. The van der Waals surface area contributed by atoms with Crippen molar-refractivity contribution in [2.75, 3.05) is 19.0 Å². The van der Waals surface area contributed by atoms with Crippen LogP contribution in [0.4, 0.5) is 0 Å². The Morgan fingerprint density at radius 3 is 2.58 bits per heavy atom. The van der Waals surface area contributed by atoms with Crippen LogP contribution in [0.15, 0.2) is 23.2 Å². The zero-order chi connectivity index (χ0) is 22.5. The fraction of sp³-hybridized carbons (Fsp3) is 0.458. The summed E-state index contributed by atoms with van der Waals surface area (Å²) in [4.78, 5) is 17.3.